The number of nitrogens with zero attached hydrogens (tertiary/aromatic N) is 1. The molecule has 0 saturated carbocycles. The molecular weight excluding hydrogens is 326 g/mol. The number of likely N-dealkylation sites (tertiary alicyclic amines) is 1. The van der Waals surface area contributed by atoms with Gasteiger partial charge in [0.2, 0.25) is 5.72 Å². The lowest BCUT2D eigenvalue weighted by molar-refractivity contribution is -0.103. The van der Waals surface area contributed by atoms with Gasteiger partial charge in [-0.25, -0.2) is 0 Å². The summed E-state index contributed by atoms with van der Waals surface area (Å²) in [5.41, 5.74) is 7.30. The Hall–Kier alpha value is -1.27. The maximum absolute atomic E-state index is 6.73. The van der Waals surface area contributed by atoms with Crippen LogP contribution in [0.5, 0.6) is 0 Å². The maximum atomic E-state index is 6.73. The molecule has 0 aromatic carbocycles. The van der Waals surface area contributed by atoms with E-state index in [0.717, 1.165) is 60.8 Å². The second kappa shape index (κ2) is 6.56. The minimum absolute atomic E-state index is 0.361. The van der Waals surface area contributed by atoms with Crippen LogP contribution < -0.4 is 11.1 Å². The van der Waals surface area contributed by atoms with Gasteiger partial charge in [-0.15, -0.1) is 0 Å². The van der Waals surface area contributed by atoms with Crippen LogP contribution in [0.15, 0.2) is 46.4 Å². The van der Waals surface area contributed by atoms with Crippen LogP contribution in [0.4, 0.5) is 0 Å². The average Bonchev–Trinajstić information content (AvgIpc) is 2.61. The number of hydrogen-bond donors (Lipinski definition) is 2. The summed E-state index contributed by atoms with van der Waals surface area (Å²) in [6, 6.07) is 0.361. The molecule has 4 aliphatic rings. The number of nitrogens with one attached hydrogen (secondary N) is 1. The third kappa shape index (κ3) is 2.80. The van der Waals surface area contributed by atoms with Crippen molar-refractivity contribution in [2.75, 3.05) is 32.8 Å². The molecule has 2 fully saturated rings. The fourth-order valence-electron chi connectivity index (χ4n) is 3.75. The van der Waals surface area contributed by atoms with E-state index in [0.29, 0.717) is 19.3 Å². The van der Waals surface area contributed by atoms with Gasteiger partial charge in [0.15, 0.2) is 5.76 Å². The zero-order valence-corrected chi connectivity index (χ0v) is 14.5. The summed E-state index contributed by atoms with van der Waals surface area (Å²) in [6.45, 7) is 4.25. The van der Waals surface area contributed by atoms with Gasteiger partial charge in [-0.05, 0) is 56.3 Å². The highest BCUT2D eigenvalue weighted by atomic mass is 35.5. The van der Waals surface area contributed by atoms with Gasteiger partial charge >= 0.3 is 0 Å². The van der Waals surface area contributed by atoms with Crippen molar-refractivity contribution in [3.05, 3.63) is 46.4 Å². The SMILES string of the molecule is NC1CCN(CCC2=C(Cl)C3=CC=CNC34OCCOC4=C2)CC1. The first-order chi connectivity index (χ1) is 11.7. The number of ether oxygens (including phenoxy) is 2. The number of halogens is 1. The van der Waals surface area contributed by atoms with Gasteiger partial charge in [0.05, 0.1) is 11.6 Å². The molecule has 0 aromatic heterocycles. The van der Waals surface area contributed by atoms with E-state index in [1.165, 1.54) is 0 Å². The number of rotatable bonds is 3. The molecule has 0 aromatic rings. The molecule has 4 rings (SSSR count). The van der Waals surface area contributed by atoms with E-state index in [1.54, 1.807) is 0 Å². The van der Waals surface area contributed by atoms with Crippen molar-refractivity contribution in [3.8, 4) is 0 Å². The first-order valence-electron chi connectivity index (χ1n) is 8.70. The summed E-state index contributed by atoms with van der Waals surface area (Å²) in [5.74, 6) is 0.810. The van der Waals surface area contributed by atoms with E-state index >= 15 is 0 Å². The predicted molar refractivity (Wildman–Crippen MR) is 94.2 cm³/mol. The Morgan fingerprint density at radius 3 is 3.00 bits per heavy atom. The van der Waals surface area contributed by atoms with Crippen LogP contribution in [0, 0.1) is 0 Å². The van der Waals surface area contributed by atoms with E-state index in [1.807, 2.05) is 18.4 Å². The van der Waals surface area contributed by atoms with Crippen LogP contribution in [0.3, 0.4) is 0 Å². The normalized spacial score (nSPS) is 30.8. The number of dihydropyridines is 1. The molecule has 5 nitrogen and oxygen atoms in total. The monoisotopic (exact) mass is 349 g/mol. The predicted octanol–water partition coefficient (Wildman–Crippen LogP) is 1.98. The second-order valence-electron chi connectivity index (χ2n) is 6.74. The maximum Gasteiger partial charge on any atom is 0.225 e. The summed E-state index contributed by atoms with van der Waals surface area (Å²) in [5, 5.41) is 4.06. The number of hydrogen-bond acceptors (Lipinski definition) is 5. The Balaban J connectivity index is 1.53. The fraction of sp³-hybridized carbons (Fsp3) is 0.556. The molecule has 24 heavy (non-hydrogen) atoms. The highest BCUT2D eigenvalue weighted by Crippen LogP contribution is 2.44. The molecule has 1 unspecified atom stereocenters. The van der Waals surface area contributed by atoms with Crippen molar-refractivity contribution < 1.29 is 9.47 Å². The van der Waals surface area contributed by atoms with Gasteiger partial charge in [0.1, 0.15) is 6.61 Å². The molecule has 0 amide bonds. The van der Waals surface area contributed by atoms with Gasteiger partial charge in [0, 0.05) is 18.2 Å². The van der Waals surface area contributed by atoms with Crippen molar-refractivity contribution >= 4 is 11.6 Å². The largest absolute Gasteiger partial charge is 0.490 e. The third-order valence-electron chi connectivity index (χ3n) is 5.18. The van der Waals surface area contributed by atoms with Crippen molar-refractivity contribution in [2.24, 2.45) is 5.73 Å². The average molecular weight is 350 g/mol. The minimum Gasteiger partial charge on any atom is -0.490 e. The van der Waals surface area contributed by atoms with Crippen LogP contribution in [0.1, 0.15) is 19.3 Å². The molecule has 1 atom stereocenters. The van der Waals surface area contributed by atoms with Crippen molar-refractivity contribution in [2.45, 2.75) is 31.0 Å². The molecule has 3 heterocycles. The van der Waals surface area contributed by atoms with E-state index in [-0.39, 0.29) is 0 Å². The number of allylic oxidation sites excluding steroid dienone is 3. The van der Waals surface area contributed by atoms with E-state index < -0.39 is 5.72 Å². The Bertz CT molecular complexity index is 632. The molecule has 1 aliphatic carbocycles. The summed E-state index contributed by atoms with van der Waals surface area (Å²) in [6.07, 6.45) is 11.0. The van der Waals surface area contributed by atoms with E-state index in [9.17, 15) is 0 Å². The van der Waals surface area contributed by atoms with Crippen LogP contribution in [0.2, 0.25) is 0 Å². The molecule has 3 aliphatic heterocycles. The molecule has 2 saturated heterocycles. The highest BCUT2D eigenvalue weighted by molar-refractivity contribution is 6.33. The van der Waals surface area contributed by atoms with Crippen LogP contribution in [-0.2, 0) is 9.47 Å². The Labute approximate surface area is 147 Å². The fourth-order valence-corrected chi connectivity index (χ4v) is 4.10. The molecule has 0 bridgehead atoms. The highest BCUT2D eigenvalue weighted by Gasteiger charge is 2.47. The summed E-state index contributed by atoms with van der Waals surface area (Å²) < 4.78 is 11.9. The lowest BCUT2D eigenvalue weighted by atomic mass is 9.87. The quantitative estimate of drug-likeness (QED) is 0.816. The van der Waals surface area contributed by atoms with Gasteiger partial charge in [-0.2, -0.15) is 0 Å². The van der Waals surface area contributed by atoms with Gasteiger partial charge in [-0.3, -0.25) is 0 Å². The third-order valence-corrected chi connectivity index (χ3v) is 5.63. The van der Waals surface area contributed by atoms with Crippen LogP contribution in [-0.4, -0.2) is 49.5 Å². The second-order valence-corrected chi connectivity index (χ2v) is 7.12. The number of nitrogens with two attached hydrogens (primary N) is 1. The van der Waals surface area contributed by atoms with Crippen molar-refractivity contribution in [1.82, 2.24) is 10.2 Å². The first-order valence-corrected chi connectivity index (χ1v) is 9.08. The zero-order valence-electron chi connectivity index (χ0n) is 13.8. The van der Waals surface area contributed by atoms with Crippen LogP contribution >= 0.6 is 11.6 Å². The van der Waals surface area contributed by atoms with Gasteiger partial charge in [0.25, 0.3) is 0 Å². The lowest BCUT2D eigenvalue weighted by Crippen LogP contribution is -2.54. The van der Waals surface area contributed by atoms with E-state index in [2.05, 4.69) is 16.3 Å². The molecule has 130 valence electrons. The van der Waals surface area contributed by atoms with Crippen molar-refractivity contribution in [1.29, 1.82) is 0 Å². The van der Waals surface area contributed by atoms with Gasteiger partial charge < -0.3 is 25.4 Å². The molecule has 1 spiro atoms. The Morgan fingerprint density at radius 2 is 2.17 bits per heavy atom. The molecule has 0 radical (unpaired) electrons. The molecule has 3 N–H and O–H groups in total. The standard InChI is InChI=1S/C18H24ClN3O2/c19-17-13(3-7-22-8-4-14(20)5-9-22)12-16-18(24-11-10-23-16)15(17)2-1-6-21-18/h1-2,6,12,14,21H,3-5,7-11,20H2. The van der Waals surface area contributed by atoms with Crippen molar-refractivity contribution in [3.63, 3.8) is 0 Å². The zero-order chi connectivity index (χ0) is 16.6. The first kappa shape index (κ1) is 16.2. The summed E-state index contributed by atoms with van der Waals surface area (Å²) in [7, 11) is 0. The van der Waals surface area contributed by atoms with Gasteiger partial charge in [-0.1, -0.05) is 17.7 Å². The molecular formula is C18H24ClN3O2. The number of piperidine rings is 1. The smallest absolute Gasteiger partial charge is 0.225 e. The van der Waals surface area contributed by atoms with Crippen LogP contribution in [0.25, 0.3) is 0 Å². The topological polar surface area (TPSA) is 59.8 Å². The molecule has 6 heteroatoms. The summed E-state index contributed by atoms with van der Waals surface area (Å²) >= 11 is 6.73. The minimum atomic E-state index is -0.745. The Kier molecular flexibility index (Phi) is 4.43. The Morgan fingerprint density at radius 1 is 1.33 bits per heavy atom. The van der Waals surface area contributed by atoms with E-state index in [4.69, 9.17) is 26.8 Å². The summed E-state index contributed by atoms with van der Waals surface area (Å²) in [4.78, 5) is 2.46. The lowest BCUT2D eigenvalue weighted by Gasteiger charge is -2.44.